The second kappa shape index (κ2) is 3.20. The molecule has 0 bridgehead atoms. The molecular weight excluding hydrogens is 184 g/mol. The van der Waals surface area contributed by atoms with Crippen LogP contribution in [0.1, 0.15) is 23.2 Å². The topological polar surface area (TPSA) is 17.1 Å². The lowest BCUT2D eigenvalue weighted by molar-refractivity contribution is 0.0968. The molecule has 1 aliphatic carbocycles. The summed E-state index contributed by atoms with van der Waals surface area (Å²) in [7, 11) is 0. The summed E-state index contributed by atoms with van der Waals surface area (Å²) in [5.74, 6) is 0.631. The Kier molecular flexibility index (Phi) is 1.84. The summed E-state index contributed by atoms with van der Waals surface area (Å²) in [5.41, 5.74) is 0.871. The minimum absolute atomic E-state index is 0.311. The molecule has 0 heterocycles. The molecule has 74 valence electrons. The summed E-state index contributed by atoms with van der Waals surface area (Å²) in [4.78, 5) is 11.9. The van der Waals surface area contributed by atoms with Gasteiger partial charge >= 0.3 is 0 Å². The van der Waals surface area contributed by atoms with E-state index in [9.17, 15) is 4.79 Å². The molecule has 1 aliphatic rings. The maximum atomic E-state index is 11.9. The molecule has 1 nitrogen and oxygen atoms in total. The molecule has 0 amide bonds. The third-order valence-corrected chi connectivity index (χ3v) is 2.98. The monoisotopic (exact) mass is 196 g/mol. The quantitative estimate of drug-likeness (QED) is 0.672. The van der Waals surface area contributed by atoms with Crippen LogP contribution in [-0.2, 0) is 0 Å². The number of carbonyl (C=O) groups excluding carboxylic acids is 1. The molecular formula is C14H12O. The van der Waals surface area contributed by atoms with Crippen molar-refractivity contribution < 1.29 is 4.79 Å². The van der Waals surface area contributed by atoms with Crippen molar-refractivity contribution in [2.45, 2.75) is 12.8 Å². The SMILES string of the molecule is O=C(c1ccc2ccccc2c1)C1CC1. The van der Waals surface area contributed by atoms with Crippen molar-refractivity contribution in [3.05, 3.63) is 48.0 Å². The summed E-state index contributed by atoms with van der Waals surface area (Å²) in [6, 6.07) is 14.1. The zero-order chi connectivity index (χ0) is 10.3. The minimum Gasteiger partial charge on any atom is -0.294 e. The molecule has 0 spiro atoms. The van der Waals surface area contributed by atoms with Crippen LogP contribution in [0.2, 0.25) is 0 Å². The van der Waals surface area contributed by atoms with Crippen LogP contribution < -0.4 is 0 Å². The number of hydrogen-bond acceptors (Lipinski definition) is 1. The standard InChI is InChI=1S/C14H12O/c15-14(11-6-7-11)13-8-5-10-3-1-2-4-12(10)9-13/h1-5,8-9,11H,6-7H2. The van der Waals surface area contributed by atoms with Gasteiger partial charge < -0.3 is 0 Å². The third-order valence-electron chi connectivity index (χ3n) is 2.98. The van der Waals surface area contributed by atoms with Gasteiger partial charge in [-0.25, -0.2) is 0 Å². The number of fused-ring (bicyclic) bond motifs is 1. The van der Waals surface area contributed by atoms with E-state index in [1.807, 2.05) is 30.3 Å². The van der Waals surface area contributed by atoms with E-state index in [1.54, 1.807) is 0 Å². The highest BCUT2D eigenvalue weighted by Crippen LogP contribution is 2.33. The Balaban J connectivity index is 2.09. The van der Waals surface area contributed by atoms with Crippen LogP contribution in [-0.4, -0.2) is 5.78 Å². The first-order valence-corrected chi connectivity index (χ1v) is 5.37. The van der Waals surface area contributed by atoms with Crippen molar-refractivity contribution in [2.24, 2.45) is 5.92 Å². The first-order chi connectivity index (χ1) is 7.34. The Hall–Kier alpha value is -1.63. The molecule has 0 atom stereocenters. The van der Waals surface area contributed by atoms with Crippen LogP contribution >= 0.6 is 0 Å². The second-order valence-electron chi connectivity index (χ2n) is 4.20. The Labute approximate surface area is 88.7 Å². The summed E-state index contributed by atoms with van der Waals surface area (Å²) in [6.45, 7) is 0. The van der Waals surface area contributed by atoms with Crippen LogP contribution in [0.25, 0.3) is 10.8 Å². The molecule has 0 saturated heterocycles. The molecule has 3 rings (SSSR count). The number of hydrogen-bond donors (Lipinski definition) is 0. The van der Waals surface area contributed by atoms with Gasteiger partial charge in [0.2, 0.25) is 0 Å². The van der Waals surface area contributed by atoms with E-state index in [-0.39, 0.29) is 0 Å². The largest absolute Gasteiger partial charge is 0.294 e. The van der Waals surface area contributed by atoms with Crippen LogP contribution in [0.15, 0.2) is 42.5 Å². The summed E-state index contributed by atoms with van der Waals surface area (Å²) in [6.07, 6.45) is 2.15. The normalized spacial score (nSPS) is 15.5. The van der Waals surface area contributed by atoms with Gasteiger partial charge in [0.1, 0.15) is 0 Å². The molecule has 2 aromatic rings. The Bertz CT molecular complexity index is 524. The van der Waals surface area contributed by atoms with Gasteiger partial charge in [-0.1, -0.05) is 36.4 Å². The van der Waals surface area contributed by atoms with Crippen molar-refractivity contribution in [3.8, 4) is 0 Å². The minimum atomic E-state index is 0.311. The smallest absolute Gasteiger partial charge is 0.165 e. The lowest BCUT2D eigenvalue weighted by atomic mass is 10.0. The van der Waals surface area contributed by atoms with E-state index in [0.717, 1.165) is 23.8 Å². The fraction of sp³-hybridized carbons (Fsp3) is 0.214. The van der Waals surface area contributed by atoms with E-state index in [4.69, 9.17) is 0 Å². The van der Waals surface area contributed by atoms with Crippen molar-refractivity contribution in [3.63, 3.8) is 0 Å². The van der Waals surface area contributed by atoms with Crippen LogP contribution in [0.4, 0.5) is 0 Å². The lowest BCUT2D eigenvalue weighted by Gasteiger charge is -2.01. The fourth-order valence-electron chi connectivity index (χ4n) is 1.92. The molecule has 1 fully saturated rings. The van der Waals surface area contributed by atoms with Crippen LogP contribution in [0, 0.1) is 5.92 Å². The molecule has 1 saturated carbocycles. The van der Waals surface area contributed by atoms with Gasteiger partial charge in [0.25, 0.3) is 0 Å². The molecule has 1 heteroatoms. The highest BCUT2D eigenvalue weighted by atomic mass is 16.1. The summed E-state index contributed by atoms with van der Waals surface area (Å²) in [5, 5.41) is 2.36. The van der Waals surface area contributed by atoms with Crippen LogP contribution in [0.5, 0.6) is 0 Å². The van der Waals surface area contributed by atoms with Crippen molar-refractivity contribution >= 4 is 16.6 Å². The predicted molar refractivity (Wildman–Crippen MR) is 61.0 cm³/mol. The zero-order valence-electron chi connectivity index (χ0n) is 8.44. The van der Waals surface area contributed by atoms with Crippen molar-refractivity contribution in [2.75, 3.05) is 0 Å². The van der Waals surface area contributed by atoms with Gasteiger partial charge in [-0.05, 0) is 29.7 Å². The van der Waals surface area contributed by atoms with Crippen molar-refractivity contribution in [1.29, 1.82) is 0 Å². The highest BCUT2D eigenvalue weighted by Gasteiger charge is 2.30. The summed E-state index contributed by atoms with van der Waals surface area (Å²) >= 11 is 0. The molecule has 15 heavy (non-hydrogen) atoms. The van der Waals surface area contributed by atoms with Gasteiger partial charge in [0.05, 0.1) is 0 Å². The van der Waals surface area contributed by atoms with E-state index < -0.39 is 0 Å². The van der Waals surface area contributed by atoms with Gasteiger partial charge in [0.15, 0.2) is 5.78 Å². The van der Waals surface area contributed by atoms with Crippen molar-refractivity contribution in [1.82, 2.24) is 0 Å². The highest BCUT2D eigenvalue weighted by molar-refractivity contribution is 6.02. The number of ketones is 1. The molecule has 0 unspecified atom stereocenters. The number of Topliss-reactive ketones (excluding diaryl/α,β-unsaturated/α-hetero) is 1. The number of rotatable bonds is 2. The van der Waals surface area contributed by atoms with E-state index >= 15 is 0 Å². The molecule has 0 aromatic heterocycles. The molecule has 2 aromatic carbocycles. The average Bonchev–Trinajstić information content (AvgIpc) is 3.11. The predicted octanol–water partition coefficient (Wildman–Crippen LogP) is 3.43. The molecule has 0 aliphatic heterocycles. The second-order valence-corrected chi connectivity index (χ2v) is 4.20. The van der Waals surface area contributed by atoms with E-state index in [0.29, 0.717) is 11.7 Å². The Morgan fingerprint density at radius 1 is 1.00 bits per heavy atom. The number of benzene rings is 2. The fourth-order valence-corrected chi connectivity index (χ4v) is 1.92. The Morgan fingerprint density at radius 3 is 2.47 bits per heavy atom. The first kappa shape index (κ1) is 8.66. The summed E-state index contributed by atoms with van der Waals surface area (Å²) < 4.78 is 0. The van der Waals surface area contributed by atoms with Gasteiger partial charge in [-0.3, -0.25) is 4.79 Å². The maximum Gasteiger partial charge on any atom is 0.165 e. The third kappa shape index (κ3) is 1.54. The van der Waals surface area contributed by atoms with Gasteiger partial charge in [0, 0.05) is 11.5 Å². The Morgan fingerprint density at radius 2 is 1.73 bits per heavy atom. The molecule has 0 N–H and O–H groups in total. The van der Waals surface area contributed by atoms with E-state index in [1.165, 1.54) is 5.39 Å². The van der Waals surface area contributed by atoms with Gasteiger partial charge in [-0.15, -0.1) is 0 Å². The maximum absolute atomic E-state index is 11.9. The molecule has 0 radical (unpaired) electrons. The lowest BCUT2D eigenvalue weighted by Crippen LogP contribution is -2.00. The van der Waals surface area contributed by atoms with Gasteiger partial charge in [-0.2, -0.15) is 0 Å². The zero-order valence-corrected chi connectivity index (χ0v) is 8.44. The first-order valence-electron chi connectivity index (χ1n) is 5.37. The van der Waals surface area contributed by atoms with E-state index in [2.05, 4.69) is 12.1 Å². The number of carbonyl (C=O) groups is 1. The van der Waals surface area contributed by atoms with Crippen LogP contribution in [0.3, 0.4) is 0 Å². The average molecular weight is 196 g/mol.